The SMILES string of the molecule is O=C(O)CCCCCCCCCCCOCCCCC(=O)Cc1ccc(Cl)c(C(F)(F)F)c1. The summed E-state index contributed by atoms with van der Waals surface area (Å²) < 4.78 is 44.3. The van der Waals surface area contributed by atoms with Gasteiger partial charge in [-0.15, -0.1) is 0 Å². The summed E-state index contributed by atoms with van der Waals surface area (Å²) in [5.41, 5.74) is -0.581. The molecule has 0 aliphatic heterocycles. The van der Waals surface area contributed by atoms with Crippen LogP contribution in [0.2, 0.25) is 5.02 Å². The molecule has 0 unspecified atom stereocenters. The van der Waals surface area contributed by atoms with Crippen LogP contribution in [0.3, 0.4) is 0 Å². The molecule has 33 heavy (non-hydrogen) atoms. The van der Waals surface area contributed by atoms with E-state index in [0.717, 1.165) is 51.0 Å². The Morgan fingerprint density at radius 1 is 0.818 bits per heavy atom. The molecule has 0 saturated carbocycles. The molecule has 0 amide bonds. The zero-order valence-electron chi connectivity index (χ0n) is 19.2. The van der Waals surface area contributed by atoms with Gasteiger partial charge < -0.3 is 9.84 Å². The number of rotatable bonds is 19. The lowest BCUT2D eigenvalue weighted by molar-refractivity contribution is -0.138. The average Bonchev–Trinajstić information content (AvgIpc) is 2.73. The van der Waals surface area contributed by atoms with E-state index in [2.05, 4.69) is 0 Å². The lowest BCUT2D eigenvalue weighted by atomic mass is 10.0. The molecule has 0 saturated heterocycles. The molecule has 188 valence electrons. The molecule has 0 aromatic heterocycles. The molecule has 0 aliphatic carbocycles. The third kappa shape index (κ3) is 15.0. The fraction of sp³-hybridized carbons (Fsp3) is 0.680. The highest BCUT2D eigenvalue weighted by Gasteiger charge is 2.33. The molecular weight excluding hydrogens is 457 g/mol. The first kappa shape index (κ1) is 29.4. The summed E-state index contributed by atoms with van der Waals surface area (Å²) >= 11 is 5.60. The van der Waals surface area contributed by atoms with Crippen molar-refractivity contribution in [1.29, 1.82) is 0 Å². The van der Waals surface area contributed by atoms with E-state index in [-0.39, 0.29) is 23.6 Å². The predicted octanol–water partition coefficient (Wildman–Crippen LogP) is 7.64. The van der Waals surface area contributed by atoms with Gasteiger partial charge in [-0.3, -0.25) is 9.59 Å². The fourth-order valence-electron chi connectivity index (χ4n) is 3.56. The number of carboxylic acid groups (broad SMARTS) is 1. The number of aliphatic carboxylic acids is 1. The van der Waals surface area contributed by atoms with Crippen LogP contribution >= 0.6 is 11.6 Å². The summed E-state index contributed by atoms with van der Waals surface area (Å²) in [5.74, 6) is -0.807. The smallest absolute Gasteiger partial charge is 0.417 e. The minimum atomic E-state index is -4.53. The third-order valence-electron chi connectivity index (χ3n) is 5.41. The van der Waals surface area contributed by atoms with Crippen LogP contribution in [0.4, 0.5) is 13.2 Å². The van der Waals surface area contributed by atoms with Crippen LogP contribution in [0.25, 0.3) is 0 Å². The van der Waals surface area contributed by atoms with E-state index >= 15 is 0 Å². The Morgan fingerprint density at radius 3 is 1.91 bits per heavy atom. The van der Waals surface area contributed by atoms with Gasteiger partial charge >= 0.3 is 12.1 Å². The summed E-state index contributed by atoms with van der Waals surface area (Å²) in [6, 6.07) is 3.60. The van der Waals surface area contributed by atoms with Gasteiger partial charge in [0.05, 0.1) is 10.6 Å². The maximum atomic E-state index is 12.9. The third-order valence-corrected chi connectivity index (χ3v) is 5.74. The van der Waals surface area contributed by atoms with E-state index < -0.39 is 17.7 Å². The first-order valence-electron chi connectivity index (χ1n) is 11.9. The van der Waals surface area contributed by atoms with Gasteiger partial charge in [-0.2, -0.15) is 13.2 Å². The second-order valence-corrected chi connectivity index (χ2v) is 8.83. The topological polar surface area (TPSA) is 63.6 Å². The van der Waals surface area contributed by atoms with E-state index in [1.54, 1.807) is 0 Å². The summed E-state index contributed by atoms with van der Waals surface area (Å²) in [4.78, 5) is 22.4. The molecule has 1 rings (SSSR count). The van der Waals surface area contributed by atoms with Gasteiger partial charge in [0, 0.05) is 32.5 Å². The number of benzene rings is 1. The number of Topliss-reactive ketones (excluding diaryl/α,β-unsaturated/α-hetero) is 1. The minimum absolute atomic E-state index is 0.0244. The van der Waals surface area contributed by atoms with Gasteiger partial charge in [0.15, 0.2) is 0 Å². The van der Waals surface area contributed by atoms with E-state index in [0.29, 0.717) is 31.6 Å². The number of carbonyl (C=O) groups excluding carboxylic acids is 1. The molecule has 0 bridgehead atoms. The van der Waals surface area contributed by atoms with Crippen LogP contribution in [-0.4, -0.2) is 30.1 Å². The summed E-state index contributed by atoms with van der Waals surface area (Å²) in [5, 5.41) is 8.21. The highest BCUT2D eigenvalue weighted by atomic mass is 35.5. The number of ether oxygens (including phenoxy) is 1. The molecule has 0 fully saturated rings. The van der Waals surface area contributed by atoms with Crippen molar-refractivity contribution in [2.45, 2.75) is 96.1 Å². The summed E-state index contributed by atoms with van der Waals surface area (Å²) in [6.07, 6.45) is 7.17. The number of hydrogen-bond donors (Lipinski definition) is 1. The summed E-state index contributed by atoms with van der Waals surface area (Å²) in [7, 11) is 0. The van der Waals surface area contributed by atoms with Crippen molar-refractivity contribution in [3.8, 4) is 0 Å². The van der Waals surface area contributed by atoms with Crippen molar-refractivity contribution in [1.82, 2.24) is 0 Å². The van der Waals surface area contributed by atoms with E-state index in [4.69, 9.17) is 21.4 Å². The van der Waals surface area contributed by atoms with Crippen molar-refractivity contribution >= 4 is 23.4 Å². The number of carbonyl (C=O) groups is 2. The summed E-state index contributed by atoms with van der Waals surface area (Å²) in [6.45, 7) is 1.29. The first-order chi connectivity index (χ1) is 15.7. The Kier molecular flexibility index (Phi) is 15.1. The van der Waals surface area contributed by atoms with Gasteiger partial charge in [-0.1, -0.05) is 62.6 Å². The maximum absolute atomic E-state index is 12.9. The van der Waals surface area contributed by atoms with E-state index in [9.17, 15) is 22.8 Å². The van der Waals surface area contributed by atoms with Gasteiger partial charge in [0.2, 0.25) is 0 Å². The van der Waals surface area contributed by atoms with E-state index in [1.807, 2.05) is 0 Å². The van der Waals surface area contributed by atoms with Crippen molar-refractivity contribution in [2.24, 2.45) is 0 Å². The van der Waals surface area contributed by atoms with Gasteiger partial charge in [-0.05, 0) is 43.4 Å². The Labute approximate surface area is 199 Å². The second-order valence-electron chi connectivity index (χ2n) is 8.42. The quantitative estimate of drug-likeness (QED) is 0.201. The monoisotopic (exact) mass is 492 g/mol. The molecule has 1 N–H and O–H groups in total. The molecule has 4 nitrogen and oxygen atoms in total. The van der Waals surface area contributed by atoms with Crippen LogP contribution in [0, 0.1) is 0 Å². The molecule has 8 heteroatoms. The molecule has 0 atom stereocenters. The van der Waals surface area contributed by atoms with Crippen LogP contribution in [-0.2, 0) is 26.9 Å². The van der Waals surface area contributed by atoms with Crippen molar-refractivity contribution in [2.75, 3.05) is 13.2 Å². The second kappa shape index (κ2) is 16.9. The predicted molar refractivity (Wildman–Crippen MR) is 124 cm³/mol. The molecule has 0 aliphatic rings. The van der Waals surface area contributed by atoms with Crippen molar-refractivity contribution in [3.05, 3.63) is 34.3 Å². The minimum Gasteiger partial charge on any atom is -0.481 e. The normalized spacial score (nSPS) is 11.6. The number of carboxylic acids is 1. The largest absolute Gasteiger partial charge is 0.481 e. The van der Waals surface area contributed by atoms with Gasteiger partial charge in [-0.25, -0.2) is 0 Å². The van der Waals surface area contributed by atoms with Crippen LogP contribution in [0.1, 0.15) is 94.6 Å². The molecule has 0 heterocycles. The Morgan fingerprint density at radius 2 is 1.33 bits per heavy atom. The number of halogens is 4. The fourth-order valence-corrected chi connectivity index (χ4v) is 3.79. The van der Waals surface area contributed by atoms with E-state index in [1.165, 1.54) is 31.4 Å². The standard InChI is InChI=1S/C25H36ClF3O4/c26-23-15-14-20(19-22(23)25(27,28)29)18-21(30)12-9-11-17-33-16-10-7-5-3-1-2-4-6-8-13-24(31)32/h14-15,19H,1-13,16-18H2,(H,31,32). The zero-order valence-corrected chi connectivity index (χ0v) is 20.0. The molecule has 0 radical (unpaired) electrons. The molecule has 1 aromatic rings. The Hall–Kier alpha value is -1.60. The highest BCUT2D eigenvalue weighted by Crippen LogP contribution is 2.35. The average molecular weight is 493 g/mol. The van der Waals surface area contributed by atoms with Crippen LogP contribution in [0.5, 0.6) is 0 Å². The molecule has 0 spiro atoms. The first-order valence-corrected chi connectivity index (χ1v) is 12.2. The number of ketones is 1. The Bertz CT molecular complexity index is 707. The highest BCUT2D eigenvalue weighted by molar-refractivity contribution is 6.31. The van der Waals surface area contributed by atoms with Crippen LogP contribution < -0.4 is 0 Å². The Balaban J connectivity index is 1.96. The van der Waals surface area contributed by atoms with Crippen molar-refractivity contribution in [3.63, 3.8) is 0 Å². The number of hydrogen-bond acceptors (Lipinski definition) is 3. The molecule has 1 aromatic carbocycles. The molecular formula is C25H36ClF3O4. The van der Waals surface area contributed by atoms with Gasteiger partial charge in [0.25, 0.3) is 0 Å². The number of unbranched alkanes of at least 4 members (excludes halogenated alkanes) is 9. The number of alkyl halides is 3. The van der Waals surface area contributed by atoms with Gasteiger partial charge in [0.1, 0.15) is 5.78 Å². The van der Waals surface area contributed by atoms with Crippen molar-refractivity contribution < 1.29 is 32.6 Å². The van der Waals surface area contributed by atoms with Crippen LogP contribution in [0.15, 0.2) is 18.2 Å². The lowest BCUT2D eigenvalue weighted by Gasteiger charge is -2.10. The zero-order chi connectivity index (χ0) is 24.5. The lowest BCUT2D eigenvalue weighted by Crippen LogP contribution is -2.09. The maximum Gasteiger partial charge on any atom is 0.417 e.